The third-order valence-electron chi connectivity index (χ3n) is 5.40. The van der Waals surface area contributed by atoms with E-state index in [2.05, 4.69) is 63.8 Å². The van der Waals surface area contributed by atoms with E-state index in [0.717, 1.165) is 37.8 Å². The van der Waals surface area contributed by atoms with Crippen LogP contribution >= 0.6 is 15.9 Å². The first-order valence-electron chi connectivity index (χ1n) is 8.89. The number of alkyl halides is 1. The van der Waals surface area contributed by atoms with E-state index in [1.807, 2.05) is 6.07 Å². The van der Waals surface area contributed by atoms with Crippen LogP contribution in [0.4, 0.5) is 0 Å². The molecule has 3 heteroatoms. The largest absolute Gasteiger partial charge is 0.341 e. The Kier molecular flexibility index (Phi) is 4.00. The van der Waals surface area contributed by atoms with E-state index in [4.69, 9.17) is 0 Å². The summed E-state index contributed by atoms with van der Waals surface area (Å²) in [6.45, 7) is 3.10. The number of carbonyl (C=O) groups excluding carboxylic acids is 1. The Morgan fingerprint density at radius 3 is 2.50 bits per heavy atom. The average Bonchev–Trinajstić information content (AvgIpc) is 2.94. The Labute approximate surface area is 151 Å². The van der Waals surface area contributed by atoms with E-state index in [1.165, 1.54) is 28.2 Å². The number of para-hydroxylation sites is 1. The smallest absolute Gasteiger partial charge is 0.179 e. The summed E-state index contributed by atoms with van der Waals surface area (Å²) in [4.78, 5) is 13.1. The van der Waals surface area contributed by atoms with Crippen molar-refractivity contribution in [2.24, 2.45) is 0 Å². The summed E-state index contributed by atoms with van der Waals surface area (Å²) >= 11 is 3.78. The molecule has 0 unspecified atom stereocenters. The van der Waals surface area contributed by atoms with E-state index in [-0.39, 0.29) is 10.1 Å². The zero-order chi connectivity index (χ0) is 16.7. The van der Waals surface area contributed by atoms with Gasteiger partial charge in [0.25, 0.3) is 0 Å². The number of benzene rings is 2. The van der Waals surface area contributed by atoms with E-state index in [9.17, 15) is 4.79 Å². The second kappa shape index (κ2) is 6.03. The van der Waals surface area contributed by atoms with Crippen molar-refractivity contribution in [1.82, 2.24) is 4.57 Å². The highest BCUT2D eigenvalue weighted by Crippen LogP contribution is 2.39. The van der Waals surface area contributed by atoms with Gasteiger partial charge in [-0.25, -0.2) is 0 Å². The molecule has 0 atom stereocenters. The van der Waals surface area contributed by atoms with Gasteiger partial charge < -0.3 is 4.57 Å². The van der Waals surface area contributed by atoms with Crippen LogP contribution in [-0.4, -0.2) is 14.7 Å². The van der Waals surface area contributed by atoms with Crippen LogP contribution in [0.2, 0.25) is 0 Å². The fourth-order valence-corrected chi connectivity index (χ4v) is 4.92. The second-order valence-corrected chi connectivity index (χ2v) is 8.37. The summed E-state index contributed by atoms with van der Waals surface area (Å²) in [6, 6.07) is 14.7. The molecule has 24 heavy (non-hydrogen) atoms. The molecule has 0 amide bonds. The lowest BCUT2D eigenvalue weighted by Gasteiger charge is -2.30. The van der Waals surface area contributed by atoms with Crippen molar-refractivity contribution in [3.05, 3.63) is 48.0 Å². The van der Waals surface area contributed by atoms with Crippen LogP contribution in [0.3, 0.4) is 0 Å². The van der Waals surface area contributed by atoms with Crippen LogP contribution in [-0.2, 0) is 6.54 Å². The first-order valence-corrected chi connectivity index (χ1v) is 9.68. The highest BCUT2D eigenvalue weighted by atomic mass is 79.9. The van der Waals surface area contributed by atoms with Gasteiger partial charge in [0.15, 0.2) is 5.78 Å². The molecule has 2 aromatic carbocycles. The minimum atomic E-state index is -0.359. The number of aromatic nitrogens is 1. The number of halogens is 1. The zero-order valence-electron chi connectivity index (χ0n) is 14.0. The third kappa shape index (κ3) is 2.41. The molecule has 1 aliphatic rings. The molecular formula is C21H22BrNO. The van der Waals surface area contributed by atoms with Crippen LogP contribution in [0, 0.1) is 0 Å². The predicted molar refractivity (Wildman–Crippen MR) is 104 cm³/mol. The van der Waals surface area contributed by atoms with Gasteiger partial charge in [-0.3, -0.25) is 4.79 Å². The van der Waals surface area contributed by atoms with E-state index < -0.39 is 0 Å². The lowest BCUT2D eigenvalue weighted by Crippen LogP contribution is -2.34. The second-order valence-electron chi connectivity index (χ2n) is 6.85. The van der Waals surface area contributed by atoms with Crippen molar-refractivity contribution < 1.29 is 4.79 Å². The normalized spacial score (nSPS) is 17.4. The summed E-state index contributed by atoms with van der Waals surface area (Å²) in [5, 5.41) is 2.42. The van der Waals surface area contributed by atoms with Gasteiger partial charge in [-0.2, -0.15) is 0 Å². The minimum Gasteiger partial charge on any atom is -0.341 e. The first kappa shape index (κ1) is 15.9. The fourth-order valence-electron chi connectivity index (χ4n) is 4.13. The van der Waals surface area contributed by atoms with Crippen LogP contribution in [0.15, 0.2) is 42.5 Å². The quantitative estimate of drug-likeness (QED) is 0.395. The van der Waals surface area contributed by atoms with Gasteiger partial charge in [-0.05, 0) is 44.0 Å². The molecule has 0 saturated heterocycles. The maximum absolute atomic E-state index is 13.1. The van der Waals surface area contributed by atoms with Crippen LogP contribution < -0.4 is 0 Å². The summed E-state index contributed by atoms with van der Waals surface area (Å²) in [7, 11) is 0. The molecule has 1 aliphatic carbocycles. The Morgan fingerprint density at radius 1 is 1.04 bits per heavy atom. The van der Waals surface area contributed by atoms with Crippen LogP contribution in [0.5, 0.6) is 0 Å². The number of fused-ring (bicyclic) bond motifs is 3. The number of hydrogen-bond donors (Lipinski definition) is 0. The Hall–Kier alpha value is -1.61. The van der Waals surface area contributed by atoms with Crippen LogP contribution in [0.1, 0.15) is 49.4 Å². The van der Waals surface area contributed by atoms with Gasteiger partial charge in [-0.15, -0.1) is 0 Å². The first-order chi connectivity index (χ1) is 11.6. The third-order valence-corrected chi connectivity index (χ3v) is 6.56. The minimum absolute atomic E-state index is 0.248. The Morgan fingerprint density at radius 2 is 1.75 bits per heavy atom. The number of hydrogen-bond acceptors (Lipinski definition) is 1. The molecule has 1 saturated carbocycles. The summed E-state index contributed by atoms with van der Waals surface area (Å²) in [5.41, 5.74) is 3.29. The molecule has 0 N–H and O–H groups in total. The Bertz CT molecular complexity index is 918. The molecule has 1 fully saturated rings. The van der Waals surface area contributed by atoms with Crippen molar-refractivity contribution in [3.63, 3.8) is 0 Å². The predicted octanol–water partition coefficient (Wildman–Crippen LogP) is 6.09. The molecule has 4 rings (SSSR count). The topological polar surface area (TPSA) is 22.0 Å². The molecular weight excluding hydrogens is 362 g/mol. The van der Waals surface area contributed by atoms with E-state index in [0.29, 0.717) is 0 Å². The van der Waals surface area contributed by atoms with Gasteiger partial charge >= 0.3 is 0 Å². The fraction of sp³-hybridized carbons (Fsp3) is 0.381. The highest BCUT2D eigenvalue weighted by molar-refractivity contribution is 9.10. The number of Topliss-reactive ketones (excluding diaryl/α,β-unsaturated/α-hetero) is 1. The SMILES string of the molecule is CCn1c2ccccc2c2cc(C(=O)C3(Br)CCCCC3)ccc21. The number of carbonyl (C=O) groups is 1. The molecule has 124 valence electrons. The molecule has 1 heterocycles. The number of nitrogens with zero attached hydrogens (tertiary/aromatic N) is 1. The number of rotatable bonds is 3. The molecule has 0 spiro atoms. The van der Waals surface area contributed by atoms with E-state index >= 15 is 0 Å². The van der Waals surface area contributed by atoms with Crippen molar-refractivity contribution in [1.29, 1.82) is 0 Å². The molecule has 0 bridgehead atoms. The average molecular weight is 384 g/mol. The number of ketones is 1. The monoisotopic (exact) mass is 383 g/mol. The standard InChI is InChI=1S/C21H22BrNO/c1-2-23-18-9-5-4-8-16(18)17-14-15(10-11-19(17)23)20(24)21(22)12-6-3-7-13-21/h4-5,8-11,14H,2-3,6-7,12-13H2,1H3. The molecule has 0 radical (unpaired) electrons. The summed E-state index contributed by atoms with van der Waals surface area (Å²) < 4.78 is 1.96. The van der Waals surface area contributed by atoms with Gasteiger partial charge in [0, 0.05) is 33.9 Å². The van der Waals surface area contributed by atoms with E-state index in [1.54, 1.807) is 0 Å². The molecule has 0 aliphatic heterocycles. The van der Waals surface area contributed by atoms with Gasteiger partial charge in [-0.1, -0.05) is 53.4 Å². The lowest BCUT2D eigenvalue weighted by molar-refractivity contribution is 0.0923. The zero-order valence-corrected chi connectivity index (χ0v) is 15.6. The van der Waals surface area contributed by atoms with Crippen molar-refractivity contribution in [3.8, 4) is 0 Å². The van der Waals surface area contributed by atoms with Gasteiger partial charge in [0.1, 0.15) is 0 Å². The van der Waals surface area contributed by atoms with Gasteiger partial charge in [0.05, 0.1) is 4.32 Å². The number of aryl methyl sites for hydroxylation is 1. The molecule has 3 aromatic rings. The summed E-state index contributed by atoms with van der Waals surface area (Å²) in [6.07, 6.45) is 5.40. The van der Waals surface area contributed by atoms with Crippen molar-refractivity contribution in [2.45, 2.75) is 49.9 Å². The maximum atomic E-state index is 13.1. The Balaban J connectivity index is 1.86. The van der Waals surface area contributed by atoms with Crippen molar-refractivity contribution >= 4 is 43.5 Å². The highest BCUT2D eigenvalue weighted by Gasteiger charge is 2.37. The maximum Gasteiger partial charge on any atom is 0.179 e. The molecule has 1 aromatic heterocycles. The summed E-state index contributed by atoms with van der Waals surface area (Å²) in [5.74, 6) is 0.248. The van der Waals surface area contributed by atoms with Gasteiger partial charge in [0.2, 0.25) is 0 Å². The lowest BCUT2D eigenvalue weighted by atomic mass is 9.83. The van der Waals surface area contributed by atoms with Crippen LogP contribution in [0.25, 0.3) is 21.8 Å². The van der Waals surface area contributed by atoms with Crippen molar-refractivity contribution in [2.75, 3.05) is 0 Å². The molecule has 2 nitrogen and oxygen atoms in total.